The van der Waals surface area contributed by atoms with E-state index in [4.69, 9.17) is 10.5 Å². The van der Waals surface area contributed by atoms with Crippen molar-refractivity contribution in [3.05, 3.63) is 23.8 Å². The lowest BCUT2D eigenvalue weighted by Crippen LogP contribution is -2.10. The molecule has 0 fully saturated rings. The van der Waals surface area contributed by atoms with Crippen LogP contribution in [0.3, 0.4) is 0 Å². The quantitative estimate of drug-likeness (QED) is 0.735. The maximum Gasteiger partial charge on any atom is 0.121 e. The summed E-state index contributed by atoms with van der Waals surface area (Å²) in [6.45, 7) is 3.14. The van der Waals surface area contributed by atoms with Gasteiger partial charge in [-0.05, 0) is 24.6 Å². The lowest BCUT2D eigenvalue weighted by atomic mass is 10.2. The van der Waals surface area contributed by atoms with Crippen LogP contribution in [0.4, 0.5) is 5.69 Å². The van der Waals surface area contributed by atoms with E-state index in [1.54, 1.807) is 0 Å². The maximum absolute atomic E-state index is 5.41. The molecule has 13 heavy (non-hydrogen) atoms. The first-order valence-electron chi connectivity index (χ1n) is 4.38. The number of benzene rings is 1. The van der Waals surface area contributed by atoms with Crippen molar-refractivity contribution in [2.24, 2.45) is 5.73 Å². The van der Waals surface area contributed by atoms with Crippen LogP contribution in [0, 0.1) is 6.92 Å². The topological polar surface area (TPSA) is 47.3 Å². The van der Waals surface area contributed by atoms with E-state index in [-0.39, 0.29) is 0 Å². The van der Waals surface area contributed by atoms with Gasteiger partial charge in [-0.1, -0.05) is 0 Å². The Morgan fingerprint density at radius 3 is 2.77 bits per heavy atom. The van der Waals surface area contributed by atoms with Crippen molar-refractivity contribution in [3.63, 3.8) is 0 Å². The highest BCUT2D eigenvalue weighted by atomic mass is 16.5. The molecule has 0 spiro atoms. The van der Waals surface area contributed by atoms with Crippen LogP contribution in [0.25, 0.3) is 0 Å². The Kier molecular flexibility index (Phi) is 3.58. The number of rotatable bonds is 4. The first-order valence-corrected chi connectivity index (χ1v) is 4.38. The summed E-state index contributed by atoms with van der Waals surface area (Å²) in [7, 11) is 1.89. The molecule has 0 aromatic heterocycles. The molecule has 0 radical (unpaired) electrons. The van der Waals surface area contributed by atoms with Crippen molar-refractivity contribution in [3.8, 4) is 5.75 Å². The number of hydrogen-bond acceptors (Lipinski definition) is 3. The molecule has 3 nitrogen and oxygen atoms in total. The Bertz CT molecular complexity index is 274. The summed E-state index contributed by atoms with van der Waals surface area (Å²) in [4.78, 5) is 0. The van der Waals surface area contributed by atoms with E-state index in [9.17, 15) is 0 Å². The summed E-state index contributed by atoms with van der Waals surface area (Å²) in [5, 5.41) is 3.07. The highest BCUT2D eigenvalue weighted by Gasteiger charge is 1.97. The van der Waals surface area contributed by atoms with Crippen molar-refractivity contribution in [1.82, 2.24) is 0 Å². The van der Waals surface area contributed by atoms with E-state index in [2.05, 4.69) is 11.4 Å². The van der Waals surface area contributed by atoms with Gasteiger partial charge in [-0.3, -0.25) is 0 Å². The van der Waals surface area contributed by atoms with Gasteiger partial charge in [0.1, 0.15) is 12.4 Å². The van der Waals surface area contributed by atoms with Gasteiger partial charge in [0, 0.05) is 25.3 Å². The lowest BCUT2D eigenvalue weighted by Gasteiger charge is -2.08. The largest absolute Gasteiger partial charge is 0.492 e. The van der Waals surface area contributed by atoms with Crippen LogP contribution in [0.15, 0.2) is 18.2 Å². The van der Waals surface area contributed by atoms with Crippen LogP contribution in [-0.4, -0.2) is 20.2 Å². The van der Waals surface area contributed by atoms with Crippen LogP contribution in [0.1, 0.15) is 5.56 Å². The third-order valence-electron chi connectivity index (χ3n) is 1.73. The molecule has 0 unspecified atom stereocenters. The summed E-state index contributed by atoms with van der Waals surface area (Å²) in [5.41, 5.74) is 7.59. The summed E-state index contributed by atoms with van der Waals surface area (Å²) >= 11 is 0. The van der Waals surface area contributed by atoms with Crippen molar-refractivity contribution in [2.75, 3.05) is 25.5 Å². The number of nitrogens with one attached hydrogen (secondary N) is 1. The van der Waals surface area contributed by atoms with Gasteiger partial charge in [0.25, 0.3) is 0 Å². The Hall–Kier alpha value is -1.22. The second-order valence-corrected chi connectivity index (χ2v) is 2.92. The molecule has 0 aliphatic carbocycles. The molecule has 0 heterocycles. The van der Waals surface area contributed by atoms with Gasteiger partial charge in [-0.2, -0.15) is 0 Å². The number of hydrogen-bond donors (Lipinski definition) is 2. The normalized spacial score (nSPS) is 9.77. The van der Waals surface area contributed by atoms with Crippen LogP contribution in [0.5, 0.6) is 5.75 Å². The molecule has 0 atom stereocenters. The molecule has 3 N–H and O–H groups in total. The Labute approximate surface area is 78.9 Å². The zero-order valence-electron chi connectivity index (χ0n) is 8.13. The minimum atomic E-state index is 0.544. The van der Waals surface area contributed by atoms with E-state index < -0.39 is 0 Å². The SMILES string of the molecule is CNc1cc(C)cc(OCCN)c1. The number of ether oxygens (including phenoxy) is 1. The summed E-state index contributed by atoms with van der Waals surface area (Å²) < 4.78 is 5.41. The van der Waals surface area contributed by atoms with Crippen molar-refractivity contribution in [1.29, 1.82) is 0 Å². The molecule has 0 bridgehead atoms. The fourth-order valence-electron chi connectivity index (χ4n) is 1.15. The van der Waals surface area contributed by atoms with E-state index in [1.165, 1.54) is 5.56 Å². The van der Waals surface area contributed by atoms with Gasteiger partial charge in [0.15, 0.2) is 0 Å². The monoisotopic (exact) mass is 180 g/mol. The highest BCUT2D eigenvalue weighted by molar-refractivity contribution is 5.50. The molecule has 0 saturated heterocycles. The van der Waals surface area contributed by atoms with E-state index in [0.29, 0.717) is 13.2 Å². The van der Waals surface area contributed by atoms with Crippen molar-refractivity contribution >= 4 is 5.69 Å². The van der Waals surface area contributed by atoms with Gasteiger partial charge in [0.2, 0.25) is 0 Å². The second-order valence-electron chi connectivity index (χ2n) is 2.92. The molecular formula is C10H16N2O. The minimum Gasteiger partial charge on any atom is -0.492 e. The van der Waals surface area contributed by atoms with Crippen LogP contribution >= 0.6 is 0 Å². The first kappa shape index (κ1) is 9.86. The van der Waals surface area contributed by atoms with Crippen LogP contribution in [-0.2, 0) is 0 Å². The summed E-state index contributed by atoms with van der Waals surface area (Å²) in [6, 6.07) is 6.02. The fraction of sp³-hybridized carbons (Fsp3) is 0.400. The fourth-order valence-corrected chi connectivity index (χ4v) is 1.15. The molecule has 0 aliphatic rings. The van der Waals surface area contributed by atoms with Gasteiger partial charge in [-0.15, -0.1) is 0 Å². The molecule has 0 amide bonds. The summed E-state index contributed by atoms with van der Waals surface area (Å²) in [6.07, 6.45) is 0. The molecule has 1 aromatic rings. The number of nitrogens with two attached hydrogens (primary N) is 1. The average Bonchev–Trinajstić information content (AvgIpc) is 2.14. The van der Waals surface area contributed by atoms with E-state index in [0.717, 1.165) is 11.4 Å². The average molecular weight is 180 g/mol. The molecule has 0 aliphatic heterocycles. The van der Waals surface area contributed by atoms with E-state index >= 15 is 0 Å². The highest BCUT2D eigenvalue weighted by Crippen LogP contribution is 2.19. The Morgan fingerprint density at radius 2 is 2.15 bits per heavy atom. The van der Waals surface area contributed by atoms with Crippen molar-refractivity contribution < 1.29 is 4.74 Å². The first-order chi connectivity index (χ1) is 6.26. The standard InChI is InChI=1S/C10H16N2O/c1-8-5-9(12-2)7-10(6-8)13-4-3-11/h5-7,12H,3-4,11H2,1-2H3. The molecule has 3 heteroatoms. The smallest absolute Gasteiger partial charge is 0.121 e. The maximum atomic E-state index is 5.41. The lowest BCUT2D eigenvalue weighted by molar-refractivity contribution is 0.328. The second kappa shape index (κ2) is 4.72. The zero-order valence-corrected chi connectivity index (χ0v) is 8.13. The van der Waals surface area contributed by atoms with E-state index in [1.807, 2.05) is 26.1 Å². The minimum absolute atomic E-state index is 0.544. The zero-order chi connectivity index (χ0) is 9.68. The third-order valence-corrected chi connectivity index (χ3v) is 1.73. The molecule has 1 rings (SSSR count). The van der Waals surface area contributed by atoms with Crippen LogP contribution in [0.2, 0.25) is 0 Å². The third kappa shape index (κ3) is 2.95. The van der Waals surface area contributed by atoms with Gasteiger partial charge in [-0.25, -0.2) is 0 Å². The molecule has 1 aromatic carbocycles. The summed E-state index contributed by atoms with van der Waals surface area (Å²) in [5.74, 6) is 0.870. The number of aryl methyl sites for hydroxylation is 1. The van der Waals surface area contributed by atoms with Crippen LogP contribution < -0.4 is 15.8 Å². The van der Waals surface area contributed by atoms with Gasteiger partial charge >= 0.3 is 0 Å². The predicted molar refractivity (Wildman–Crippen MR) is 55.3 cm³/mol. The molecule has 0 saturated carbocycles. The van der Waals surface area contributed by atoms with Gasteiger partial charge in [0.05, 0.1) is 0 Å². The number of anilines is 1. The molecule has 72 valence electrons. The Balaban J connectivity index is 2.76. The predicted octanol–water partition coefficient (Wildman–Crippen LogP) is 1.37. The Morgan fingerprint density at radius 1 is 1.38 bits per heavy atom. The molecular weight excluding hydrogens is 164 g/mol. The van der Waals surface area contributed by atoms with Crippen molar-refractivity contribution in [2.45, 2.75) is 6.92 Å². The van der Waals surface area contributed by atoms with Gasteiger partial charge < -0.3 is 15.8 Å².